The van der Waals surface area contributed by atoms with Crippen molar-refractivity contribution < 1.29 is 4.79 Å². The molecule has 2 heterocycles. The van der Waals surface area contributed by atoms with Crippen LogP contribution in [-0.2, 0) is 6.42 Å². The Labute approximate surface area is 135 Å². The number of aromatic nitrogens is 1. The van der Waals surface area contributed by atoms with Crippen molar-refractivity contribution >= 4 is 17.2 Å². The molecular weight excluding hydrogens is 294 g/mol. The summed E-state index contributed by atoms with van der Waals surface area (Å²) < 4.78 is 0. The summed E-state index contributed by atoms with van der Waals surface area (Å²) in [4.78, 5) is 19.1. The zero-order valence-corrected chi connectivity index (χ0v) is 13.6. The second kappa shape index (κ2) is 6.58. The standard InChI is InChI=1S/C17H21N3OS/c1-12-14(13-5-3-2-4-6-13)8-10-20(12)17(21)15-11-22-16(19-15)7-9-18/h2-6,11-12,14H,7-10,18H2,1H3. The lowest BCUT2D eigenvalue weighted by atomic mass is 9.93. The quantitative estimate of drug-likeness (QED) is 0.943. The first-order chi connectivity index (χ1) is 10.7. The van der Waals surface area contributed by atoms with Gasteiger partial charge in [0.1, 0.15) is 5.69 Å². The van der Waals surface area contributed by atoms with Gasteiger partial charge in [0.2, 0.25) is 0 Å². The molecule has 1 aromatic carbocycles. The number of likely N-dealkylation sites (tertiary alicyclic amines) is 1. The van der Waals surface area contributed by atoms with Crippen molar-refractivity contribution in [2.75, 3.05) is 13.1 Å². The Kier molecular flexibility index (Phi) is 4.55. The van der Waals surface area contributed by atoms with Crippen LogP contribution in [0.15, 0.2) is 35.7 Å². The molecule has 0 saturated carbocycles. The number of carbonyl (C=O) groups excluding carboxylic acids is 1. The average Bonchev–Trinajstić information content (AvgIpc) is 3.15. The summed E-state index contributed by atoms with van der Waals surface area (Å²) in [5, 5.41) is 2.80. The lowest BCUT2D eigenvalue weighted by molar-refractivity contribution is 0.0737. The van der Waals surface area contributed by atoms with Gasteiger partial charge in [-0.25, -0.2) is 4.98 Å². The van der Waals surface area contributed by atoms with Crippen LogP contribution in [0.3, 0.4) is 0 Å². The van der Waals surface area contributed by atoms with Crippen molar-refractivity contribution in [3.8, 4) is 0 Å². The molecule has 0 spiro atoms. The summed E-state index contributed by atoms with van der Waals surface area (Å²) in [7, 11) is 0. The van der Waals surface area contributed by atoms with Crippen LogP contribution in [0.5, 0.6) is 0 Å². The molecule has 1 amide bonds. The Balaban J connectivity index is 1.74. The van der Waals surface area contributed by atoms with Crippen LogP contribution >= 0.6 is 11.3 Å². The number of hydrogen-bond donors (Lipinski definition) is 1. The average molecular weight is 315 g/mol. The molecule has 2 aromatic rings. The first-order valence-electron chi connectivity index (χ1n) is 7.71. The number of carbonyl (C=O) groups is 1. The predicted molar refractivity (Wildman–Crippen MR) is 89.2 cm³/mol. The van der Waals surface area contributed by atoms with Crippen LogP contribution in [0.2, 0.25) is 0 Å². The molecule has 1 saturated heterocycles. The molecule has 2 N–H and O–H groups in total. The van der Waals surface area contributed by atoms with Gasteiger partial charge in [-0.3, -0.25) is 4.79 Å². The molecule has 116 valence electrons. The largest absolute Gasteiger partial charge is 0.334 e. The third-order valence-electron chi connectivity index (χ3n) is 4.37. The maximum absolute atomic E-state index is 12.7. The van der Waals surface area contributed by atoms with Gasteiger partial charge in [0.15, 0.2) is 0 Å². The van der Waals surface area contributed by atoms with E-state index in [0.717, 1.165) is 24.4 Å². The van der Waals surface area contributed by atoms with E-state index in [1.165, 1.54) is 16.9 Å². The smallest absolute Gasteiger partial charge is 0.273 e. The summed E-state index contributed by atoms with van der Waals surface area (Å²) in [5.74, 6) is 0.456. The predicted octanol–water partition coefficient (Wildman–Crippen LogP) is 2.66. The van der Waals surface area contributed by atoms with Gasteiger partial charge >= 0.3 is 0 Å². The molecule has 0 aliphatic carbocycles. The Hall–Kier alpha value is -1.72. The second-order valence-corrected chi connectivity index (χ2v) is 6.65. The van der Waals surface area contributed by atoms with Crippen molar-refractivity contribution in [3.63, 3.8) is 0 Å². The number of thiazole rings is 1. The molecule has 1 aliphatic heterocycles. The van der Waals surface area contributed by atoms with Crippen LogP contribution in [-0.4, -0.2) is 34.9 Å². The van der Waals surface area contributed by atoms with E-state index in [4.69, 9.17) is 5.73 Å². The van der Waals surface area contributed by atoms with Crippen LogP contribution in [0, 0.1) is 0 Å². The van der Waals surface area contributed by atoms with E-state index in [2.05, 4.69) is 36.2 Å². The number of nitrogens with zero attached hydrogens (tertiary/aromatic N) is 2. The summed E-state index contributed by atoms with van der Waals surface area (Å²) in [5.41, 5.74) is 7.42. The van der Waals surface area contributed by atoms with E-state index in [-0.39, 0.29) is 11.9 Å². The van der Waals surface area contributed by atoms with Gasteiger partial charge < -0.3 is 10.6 Å². The zero-order valence-electron chi connectivity index (χ0n) is 12.7. The summed E-state index contributed by atoms with van der Waals surface area (Å²) >= 11 is 1.52. The minimum Gasteiger partial charge on any atom is -0.334 e. The van der Waals surface area contributed by atoms with Gasteiger partial charge in [-0.1, -0.05) is 30.3 Å². The fourth-order valence-electron chi connectivity index (χ4n) is 3.17. The molecule has 2 unspecified atom stereocenters. The molecule has 3 rings (SSSR count). The summed E-state index contributed by atoms with van der Waals surface area (Å²) in [6.45, 7) is 3.50. The number of amides is 1. The van der Waals surface area contributed by atoms with E-state index < -0.39 is 0 Å². The summed E-state index contributed by atoms with van der Waals surface area (Å²) in [6.07, 6.45) is 1.75. The second-order valence-electron chi connectivity index (χ2n) is 5.71. The van der Waals surface area contributed by atoms with Crippen molar-refractivity contribution in [1.82, 2.24) is 9.88 Å². The minimum atomic E-state index is 0.0467. The first kappa shape index (κ1) is 15.2. The maximum atomic E-state index is 12.7. The number of nitrogens with two attached hydrogens (primary N) is 1. The Morgan fingerprint density at radius 3 is 2.91 bits per heavy atom. The molecule has 0 radical (unpaired) electrons. The van der Waals surface area contributed by atoms with Crippen LogP contribution in [0.4, 0.5) is 0 Å². The Bertz CT molecular complexity index is 640. The first-order valence-corrected chi connectivity index (χ1v) is 8.59. The van der Waals surface area contributed by atoms with Crippen molar-refractivity contribution in [2.24, 2.45) is 5.73 Å². The fraction of sp³-hybridized carbons (Fsp3) is 0.412. The minimum absolute atomic E-state index is 0.0467. The molecule has 4 nitrogen and oxygen atoms in total. The van der Waals surface area contributed by atoms with Gasteiger partial charge in [0.25, 0.3) is 5.91 Å². The Morgan fingerprint density at radius 2 is 2.18 bits per heavy atom. The zero-order chi connectivity index (χ0) is 15.5. The lowest BCUT2D eigenvalue weighted by Gasteiger charge is -2.24. The van der Waals surface area contributed by atoms with Gasteiger partial charge in [-0.05, 0) is 25.5 Å². The topological polar surface area (TPSA) is 59.2 Å². The third-order valence-corrected chi connectivity index (χ3v) is 5.28. The van der Waals surface area contributed by atoms with E-state index in [1.54, 1.807) is 0 Å². The van der Waals surface area contributed by atoms with E-state index in [0.29, 0.717) is 18.2 Å². The van der Waals surface area contributed by atoms with Gasteiger partial charge in [-0.15, -0.1) is 11.3 Å². The molecular formula is C17H21N3OS. The monoisotopic (exact) mass is 315 g/mol. The van der Waals surface area contributed by atoms with Gasteiger partial charge in [0.05, 0.1) is 5.01 Å². The third kappa shape index (κ3) is 2.91. The number of hydrogen-bond acceptors (Lipinski definition) is 4. The van der Waals surface area contributed by atoms with Crippen LogP contribution in [0.25, 0.3) is 0 Å². The molecule has 1 aliphatic rings. The SMILES string of the molecule is CC1C(c2ccccc2)CCN1C(=O)c1csc(CCN)n1. The highest BCUT2D eigenvalue weighted by atomic mass is 32.1. The Morgan fingerprint density at radius 1 is 1.41 bits per heavy atom. The van der Waals surface area contributed by atoms with Gasteiger partial charge in [-0.2, -0.15) is 0 Å². The highest BCUT2D eigenvalue weighted by Crippen LogP contribution is 2.34. The molecule has 1 aromatic heterocycles. The maximum Gasteiger partial charge on any atom is 0.273 e. The molecule has 5 heteroatoms. The highest BCUT2D eigenvalue weighted by molar-refractivity contribution is 7.09. The van der Waals surface area contributed by atoms with Gasteiger partial charge in [0, 0.05) is 30.3 Å². The normalized spacial score (nSPS) is 21.3. The molecule has 0 bridgehead atoms. The fourth-order valence-corrected chi connectivity index (χ4v) is 3.95. The van der Waals surface area contributed by atoms with Crippen molar-refractivity contribution in [3.05, 3.63) is 52.0 Å². The lowest BCUT2D eigenvalue weighted by Crippen LogP contribution is -2.35. The van der Waals surface area contributed by atoms with E-state index >= 15 is 0 Å². The van der Waals surface area contributed by atoms with Crippen molar-refractivity contribution in [1.29, 1.82) is 0 Å². The van der Waals surface area contributed by atoms with Crippen LogP contribution in [0.1, 0.15) is 40.3 Å². The molecule has 1 fully saturated rings. The van der Waals surface area contributed by atoms with E-state index in [9.17, 15) is 4.79 Å². The van der Waals surface area contributed by atoms with E-state index in [1.807, 2.05) is 16.3 Å². The summed E-state index contributed by atoms with van der Waals surface area (Å²) in [6, 6.07) is 10.7. The molecule has 2 atom stereocenters. The van der Waals surface area contributed by atoms with Crippen molar-refractivity contribution in [2.45, 2.75) is 31.7 Å². The number of rotatable bonds is 4. The highest BCUT2D eigenvalue weighted by Gasteiger charge is 2.35. The molecule has 22 heavy (non-hydrogen) atoms. The number of benzene rings is 1. The van der Waals surface area contributed by atoms with Crippen LogP contribution < -0.4 is 5.73 Å².